The van der Waals surface area contributed by atoms with Gasteiger partial charge in [-0.1, -0.05) is 18.2 Å². The molecule has 3 rings (SSSR count). The van der Waals surface area contributed by atoms with Crippen molar-refractivity contribution in [2.45, 2.75) is 17.9 Å². The van der Waals surface area contributed by atoms with Gasteiger partial charge < -0.3 is 15.0 Å². The molecule has 0 aromatic heterocycles. The highest BCUT2D eigenvalue weighted by Crippen LogP contribution is 2.20. The molecule has 1 fully saturated rings. The summed E-state index contributed by atoms with van der Waals surface area (Å²) in [4.78, 5) is 14.9. The number of piperazine rings is 1. The van der Waals surface area contributed by atoms with Crippen molar-refractivity contribution in [3.05, 3.63) is 59.7 Å². The van der Waals surface area contributed by atoms with Crippen LogP contribution in [0.25, 0.3) is 0 Å². The topological polar surface area (TPSA) is 78.9 Å². The van der Waals surface area contributed by atoms with Crippen molar-refractivity contribution in [3.8, 4) is 5.75 Å². The Hall–Kier alpha value is -2.42. The molecule has 29 heavy (non-hydrogen) atoms. The van der Waals surface area contributed by atoms with Crippen molar-refractivity contribution < 1.29 is 17.9 Å². The number of ether oxygens (including phenoxy) is 1. The maximum absolute atomic E-state index is 12.9. The van der Waals surface area contributed by atoms with Crippen molar-refractivity contribution in [1.29, 1.82) is 0 Å². The van der Waals surface area contributed by atoms with Gasteiger partial charge in [0, 0.05) is 31.7 Å². The van der Waals surface area contributed by atoms with E-state index in [0.29, 0.717) is 31.7 Å². The lowest BCUT2D eigenvalue weighted by Gasteiger charge is -2.31. The minimum atomic E-state index is -3.62. The fourth-order valence-electron chi connectivity index (χ4n) is 3.23. The van der Waals surface area contributed by atoms with Gasteiger partial charge >= 0.3 is 0 Å². The van der Waals surface area contributed by atoms with Gasteiger partial charge in [-0.2, -0.15) is 4.31 Å². The summed E-state index contributed by atoms with van der Waals surface area (Å²) in [7, 11) is -0.0453. The minimum absolute atomic E-state index is 0.145. The molecule has 156 valence electrons. The number of carbonyl (C=O) groups excluding carboxylic acids is 1. The van der Waals surface area contributed by atoms with Crippen LogP contribution in [0.2, 0.25) is 0 Å². The van der Waals surface area contributed by atoms with Gasteiger partial charge in [-0.25, -0.2) is 8.42 Å². The van der Waals surface area contributed by atoms with Crippen LogP contribution in [0, 0.1) is 0 Å². The maximum Gasteiger partial charge on any atom is 0.251 e. The summed E-state index contributed by atoms with van der Waals surface area (Å²) >= 11 is 0. The van der Waals surface area contributed by atoms with Crippen molar-refractivity contribution >= 4 is 15.9 Å². The Bertz CT molecular complexity index is 952. The quantitative estimate of drug-likeness (QED) is 0.779. The van der Waals surface area contributed by atoms with Crippen molar-refractivity contribution in [1.82, 2.24) is 14.5 Å². The Kier molecular flexibility index (Phi) is 6.56. The summed E-state index contributed by atoms with van der Waals surface area (Å²) in [5.74, 6) is 0.429. The summed E-state index contributed by atoms with van der Waals surface area (Å²) in [5, 5.41) is 2.92. The molecule has 0 aliphatic carbocycles. The predicted octanol–water partition coefficient (Wildman–Crippen LogP) is 2.12. The van der Waals surface area contributed by atoms with Crippen LogP contribution in [0.4, 0.5) is 0 Å². The van der Waals surface area contributed by atoms with Crippen LogP contribution in [-0.2, 0) is 10.0 Å². The number of rotatable bonds is 6. The summed E-state index contributed by atoms with van der Waals surface area (Å²) in [5.41, 5.74) is 1.25. The van der Waals surface area contributed by atoms with Crippen molar-refractivity contribution in [2.75, 3.05) is 40.3 Å². The number of hydrogen-bond acceptors (Lipinski definition) is 5. The van der Waals surface area contributed by atoms with Gasteiger partial charge in [0.15, 0.2) is 0 Å². The van der Waals surface area contributed by atoms with E-state index >= 15 is 0 Å². The molecule has 1 heterocycles. The van der Waals surface area contributed by atoms with Crippen LogP contribution < -0.4 is 10.1 Å². The number of nitrogens with one attached hydrogen (secondary N) is 1. The van der Waals surface area contributed by atoms with Gasteiger partial charge in [-0.15, -0.1) is 0 Å². The summed E-state index contributed by atoms with van der Waals surface area (Å²) < 4.78 is 32.5. The molecule has 2 aromatic rings. The molecule has 1 aliphatic heterocycles. The van der Waals surface area contributed by atoms with Gasteiger partial charge in [0.05, 0.1) is 18.0 Å². The predicted molar refractivity (Wildman–Crippen MR) is 112 cm³/mol. The molecule has 0 radical (unpaired) electrons. The molecule has 0 bridgehead atoms. The van der Waals surface area contributed by atoms with E-state index in [-0.39, 0.29) is 16.8 Å². The molecule has 0 spiro atoms. The minimum Gasteiger partial charge on any atom is -0.497 e. The normalized spacial score (nSPS) is 16.9. The third-order valence-electron chi connectivity index (χ3n) is 5.16. The van der Waals surface area contributed by atoms with Gasteiger partial charge in [0.1, 0.15) is 5.75 Å². The van der Waals surface area contributed by atoms with E-state index in [0.717, 1.165) is 11.3 Å². The molecule has 1 N–H and O–H groups in total. The molecular weight excluding hydrogens is 390 g/mol. The van der Waals surface area contributed by atoms with E-state index in [1.807, 2.05) is 38.2 Å². The first-order valence-corrected chi connectivity index (χ1v) is 11.0. The lowest BCUT2D eigenvalue weighted by molar-refractivity contribution is 0.0939. The number of nitrogens with zero attached hydrogens (tertiary/aromatic N) is 2. The molecule has 0 saturated carbocycles. The molecule has 1 saturated heterocycles. The highest BCUT2D eigenvalue weighted by molar-refractivity contribution is 7.89. The second kappa shape index (κ2) is 8.94. The molecule has 2 aromatic carbocycles. The Morgan fingerprint density at radius 3 is 2.34 bits per heavy atom. The average Bonchev–Trinajstić information content (AvgIpc) is 2.74. The average molecular weight is 418 g/mol. The van der Waals surface area contributed by atoms with E-state index in [2.05, 4.69) is 10.2 Å². The molecule has 8 heteroatoms. The largest absolute Gasteiger partial charge is 0.497 e. The second-order valence-corrected chi connectivity index (χ2v) is 9.14. The van der Waals surface area contributed by atoms with Crippen molar-refractivity contribution in [3.63, 3.8) is 0 Å². The number of methoxy groups -OCH3 is 1. The lowest BCUT2D eigenvalue weighted by atomic mass is 10.1. The number of amides is 1. The highest BCUT2D eigenvalue weighted by atomic mass is 32.2. The molecule has 7 nitrogen and oxygen atoms in total. The van der Waals surface area contributed by atoms with Crippen LogP contribution in [0.1, 0.15) is 28.9 Å². The van der Waals surface area contributed by atoms with Gasteiger partial charge in [0.2, 0.25) is 10.0 Å². The van der Waals surface area contributed by atoms with E-state index in [4.69, 9.17) is 4.74 Å². The second-order valence-electron chi connectivity index (χ2n) is 7.20. The number of carbonyl (C=O) groups is 1. The van der Waals surface area contributed by atoms with Crippen LogP contribution in [0.15, 0.2) is 53.4 Å². The van der Waals surface area contributed by atoms with Crippen LogP contribution in [-0.4, -0.2) is 63.9 Å². The van der Waals surface area contributed by atoms with Gasteiger partial charge in [-0.05, 0) is 49.9 Å². The fraction of sp³-hybridized carbons (Fsp3) is 0.381. The third kappa shape index (κ3) is 4.95. The van der Waals surface area contributed by atoms with Gasteiger partial charge in [0.25, 0.3) is 5.91 Å². The molecule has 1 atom stereocenters. The van der Waals surface area contributed by atoms with Crippen LogP contribution in [0.5, 0.6) is 5.75 Å². The van der Waals surface area contributed by atoms with Gasteiger partial charge in [-0.3, -0.25) is 4.79 Å². The van der Waals surface area contributed by atoms with Crippen LogP contribution >= 0.6 is 0 Å². The van der Waals surface area contributed by atoms with E-state index in [9.17, 15) is 13.2 Å². The lowest BCUT2D eigenvalue weighted by Crippen LogP contribution is -2.47. The summed E-state index contributed by atoms with van der Waals surface area (Å²) in [6.45, 7) is 4.16. The fourth-order valence-corrected chi connectivity index (χ4v) is 4.70. The first-order chi connectivity index (χ1) is 13.8. The summed E-state index contributed by atoms with van der Waals surface area (Å²) in [6.07, 6.45) is 0. The third-order valence-corrected chi connectivity index (χ3v) is 7.05. The number of benzene rings is 2. The molecule has 0 unspecified atom stereocenters. The standard InChI is InChI=1S/C21H27N3O4S/c1-16(17-7-9-19(28-3)10-8-17)22-21(25)18-5-4-6-20(15-18)29(26,27)24-13-11-23(2)12-14-24/h4-10,15-16H,11-14H2,1-3H3,(H,22,25)/t16-/m0/s1. The number of likely N-dealkylation sites (N-methyl/N-ethyl adjacent to an activating group) is 1. The zero-order chi connectivity index (χ0) is 21.0. The Morgan fingerprint density at radius 1 is 1.07 bits per heavy atom. The van der Waals surface area contributed by atoms with E-state index in [1.165, 1.54) is 16.4 Å². The first-order valence-electron chi connectivity index (χ1n) is 9.55. The Morgan fingerprint density at radius 2 is 1.72 bits per heavy atom. The first kappa shape index (κ1) is 21.3. The number of hydrogen-bond donors (Lipinski definition) is 1. The molecule has 1 amide bonds. The highest BCUT2D eigenvalue weighted by Gasteiger charge is 2.28. The zero-order valence-electron chi connectivity index (χ0n) is 17.0. The zero-order valence-corrected chi connectivity index (χ0v) is 17.8. The molecule has 1 aliphatic rings. The Labute approximate surface area is 172 Å². The van der Waals surface area contributed by atoms with Crippen LogP contribution in [0.3, 0.4) is 0 Å². The smallest absolute Gasteiger partial charge is 0.251 e. The maximum atomic E-state index is 12.9. The number of sulfonamides is 1. The monoisotopic (exact) mass is 417 g/mol. The van der Waals surface area contributed by atoms with Crippen molar-refractivity contribution in [2.24, 2.45) is 0 Å². The SMILES string of the molecule is COc1ccc([C@H](C)NC(=O)c2cccc(S(=O)(=O)N3CCN(C)CC3)c2)cc1. The van der Waals surface area contributed by atoms with E-state index in [1.54, 1.807) is 19.2 Å². The Balaban J connectivity index is 1.73. The summed E-state index contributed by atoms with van der Waals surface area (Å²) in [6, 6.07) is 13.4. The van der Waals surface area contributed by atoms with E-state index < -0.39 is 10.0 Å². The molecular formula is C21H27N3O4S.